The highest BCUT2D eigenvalue weighted by Crippen LogP contribution is 2.39. The molecular weight excluding hydrogens is 467 g/mol. The molecule has 0 atom stereocenters. The summed E-state index contributed by atoms with van der Waals surface area (Å²) in [5, 5.41) is 21.3. The van der Waals surface area contributed by atoms with Crippen LogP contribution in [-0.2, 0) is 6.54 Å². The fraction of sp³-hybridized carbons (Fsp3) is 0.286. The Morgan fingerprint density at radius 2 is 1.71 bits per heavy atom. The number of aryl methyl sites for hydroxylation is 1. The Bertz CT molecular complexity index is 1350. The molecule has 0 radical (unpaired) electrons. The van der Waals surface area contributed by atoms with Crippen LogP contribution in [0.2, 0.25) is 5.02 Å². The summed E-state index contributed by atoms with van der Waals surface area (Å²) in [7, 11) is 0. The summed E-state index contributed by atoms with van der Waals surface area (Å²) >= 11 is 6.53. The van der Waals surface area contributed by atoms with E-state index in [1.807, 2.05) is 43.3 Å². The van der Waals surface area contributed by atoms with Gasteiger partial charge < -0.3 is 19.5 Å². The number of phenols is 2. The minimum atomic E-state index is -0.239. The molecule has 5 rings (SSSR count). The Balaban J connectivity index is 1.38. The number of likely N-dealkylation sites (tertiary alicyclic amines) is 1. The maximum absolute atomic E-state index is 12.6. The monoisotopic (exact) mass is 494 g/mol. The standard InChI is InChI=1S/C28H28ClFN2O3/c1-18-25-12-21(33)5-9-27(25)32(28(18)24-8-4-22(34)13-26(24)29)17-19-2-6-23(7-3-19)35-11-10-31-15-20(14-30)16-31/h2-9,12-13,20,33-34H,10-11,14-17H2,1H3. The molecule has 182 valence electrons. The Hall–Kier alpha value is -3.22. The highest BCUT2D eigenvalue weighted by Gasteiger charge is 2.25. The molecule has 2 heterocycles. The summed E-state index contributed by atoms with van der Waals surface area (Å²) < 4.78 is 20.6. The van der Waals surface area contributed by atoms with Gasteiger partial charge in [-0.2, -0.15) is 0 Å². The number of ether oxygens (including phenoxy) is 1. The summed E-state index contributed by atoms with van der Waals surface area (Å²) in [5.74, 6) is 1.31. The molecule has 1 saturated heterocycles. The lowest BCUT2D eigenvalue weighted by Gasteiger charge is -2.37. The van der Waals surface area contributed by atoms with Gasteiger partial charge in [-0.15, -0.1) is 0 Å². The van der Waals surface area contributed by atoms with Crippen molar-refractivity contribution in [3.8, 4) is 28.5 Å². The smallest absolute Gasteiger partial charge is 0.119 e. The maximum atomic E-state index is 12.6. The Kier molecular flexibility index (Phi) is 6.58. The van der Waals surface area contributed by atoms with Crippen molar-refractivity contribution < 1.29 is 19.3 Å². The lowest BCUT2D eigenvalue weighted by Crippen LogP contribution is -2.49. The van der Waals surface area contributed by atoms with Gasteiger partial charge in [0, 0.05) is 48.6 Å². The van der Waals surface area contributed by atoms with Gasteiger partial charge in [-0.05, 0) is 66.6 Å². The molecule has 0 spiro atoms. The number of nitrogens with zero attached hydrogens (tertiary/aromatic N) is 2. The van der Waals surface area contributed by atoms with E-state index in [1.54, 1.807) is 24.3 Å². The van der Waals surface area contributed by atoms with Crippen LogP contribution in [0.15, 0.2) is 60.7 Å². The van der Waals surface area contributed by atoms with Crippen LogP contribution in [0.1, 0.15) is 11.1 Å². The Morgan fingerprint density at radius 1 is 1.00 bits per heavy atom. The molecular formula is C28H28ClFN2O3. The molecule has 7 heteroatoms. The van der Waals surface area contributed by atoms with Crippen LogP contribution in [0, 0.1) is 12.8 Å². The first-order valence-electron chi connectivity index (χ1n) is 11.7. The maximum Gasteiger partial charge on any atom is 0.119 e. The fourth-order valence-electron chi connectivity index (χ4n) is 4.84. The topological polar surface area (TPSA) is 57.9 Å². The number of hydrogen-bond acceptors (Lipinski definition) is 4. The summed E-state index contributed by atoms with van der Waals surface area (Å²) in [6.45, 7) is 5.38. The zero-order valence-electron chi connectivity index (χ0n) is 19.5. The molecule has 1 aromatic heterocycles. The zero-order chi connectivity index (χ0) is 24.5. The van der Waals surface area contributed by atoms with Crippen LogP contribution >= 0.6 is 11.6 Å². The number of aromatic nitrogens is 1. The van der Waals surface area contributed by atoms with E-state index in [-0.39, 0.29) is 24.1 Å². The minimum Gasteiger partial charge on any atom is -0.508 e. The number of phenolic OH excluding ortho intramolecular Hbond substituents is 2. The average molecular weight is 495 g/mol. The molecule has 1 aliphatic heterocycles. The van der Waals surface area contributed by atoms with Crippen molar-refractivity contribution >= 4 is 22.5 Å². The van der Waals surface area contributed by atoms with Gasteiger partial charge in [0.15, 0.2) is 0 Å². The second kappa shape index (κ2) is 9.80. The van der Waals surface area contributed by atoms with Crippen molar-refractivity contribution in [3.05, 3.63) is 76.8 Å². The van der Waals surface area contributed by atoms with Gasteiger partial charge in [0.25, 0.3) is 0 Å². The fourth-order valence-corrected chi connectivity index (χ4v) is 5.11. The van der Waals surface area contributed by atoms with Crippen molar-refractivity contribution in [2.45, 2.75) is 13.5 Å². The van der Waals surface area contributed by atoms with Crippen molar-refractivity contribution in [1.82, 2.24) is 9.47 Å². The first kappa shape index (κ1) is 23.5. The lowest BCUT2D eigenvalue weighted by molar-refractivity contribution is 0.0668. The van der Waals surface area contributed by atoms with E-state index >= 15 is 0 Å². The second-order valence-corrected chi connectivity index (χ2v) is 9.60. The van der Waals surface area contributed by atoms with Crippen LogP contribution < -0.4 is 4.74 Å². The Morgan fingerprint density at radius 3 is 2.43 bits per heavy atom. The number of rotatable bonds is 8. The zero-order valence-corrected chi connectivity index (χ0v) is 20.3. The molecule has 2 N–H and O–H groups in total. The third-order valence-corrected chi connectivity index (χ3v) is 7.01. The van der Waals surface area contributed by atoms with E-state index < -0.39 is 0 Å². The number of halogens is 2. The van der Waals surface area contributed by atoms with Crippen LogP contribution in [0.4, 0.5) is 4.39 Å². The second-order valence-electron chi connectivity index (χ2n) is 9.20. The third kappa shape index (κ3) is 4.81. The van der Waals surface area contributed by atoms with E-state index in [4.69, 9.17) is 16.3 Å². The quantitative estimate of drug-likeness (QED) is 0.315. The first-order chi connectivity index (χ1) is 16.9. The molecule has 0 amide bonds. The van der Waals surface area contributed by atoms with E-state index in [2.05, 4.69) is 9.47 Å². The molecule has 3 aromatic carbocycles. The molecule has 4 aromatic rings. The molecule has 5 nitrogen and oxygen atoms in total. The van der Waals surface area contributed by atoms with Crippen LogP contribution in [0.5, 0.6) is 17.2 Å². The average Bonchev–Trinajstić information content (AvgIpc) is 3.07. The normalized spacial score (nSPS) is 14.4. The number of fused-ring (bicyclic) bond motifs is 1. The molecule has 35 heavy (non-hydrogen) atoms. The van der Waals surface area contributed by atoms with E-state index in [0.29, 0.717) is 18.2 Å². The largest absolute Gasteiger partial charge is 0.508 e. The van der Waals surface area contributed by atoms with Crippen molar-refractivity contribution in [2.24, 2.45) is 5.92 Å². The lowest BCUT2D eigenvalue weighted by atomic mass is 10.0. The number of alkyl halides is 1. The summed E-state index contributed by atoms with van der Waals surface area (Å²) in [5.41, 5.74) is 4.84. The molecule has 0 saturated carbocycles. The van der Waals surface area contributed by atoms with Crippen molar-refractivity contribution in [2.75, 3.05) is 32.9 Å². The van der Waals surface area contributed by atoms with Crippen LogP contribution in [0.25, 0.3) is 22.2 Å². The van der Waals surface area contributed by atoms with Gasteiger partial charge in [0.1, 0.15) is 23.9 Å². The number of hydrogen-bond donors (Lipinski definition) is 2. The van der Waals surface area contributed by atoms with E-state index in [9.17, 15) is 14.6 Å². The van der Waals surface area contributed by atoms with Crippen LogP contribution in [0.3, 0.4) is 0 Å². The van der Waals surface area contributed by atoms with Gasteiger partial charge in [-0.25, -0.2) is 0 Å². The SMILES string of the molecule is Cc1c(-c2ccc(O)cc2Cl)n(Cc2ccc(OCCN3CC(CF)C3)cc2)c2ccc(O)cc12. The highest BCUT2D eigenvalue weighted by atomic mass is 35.5. The summed E-state index contributed by atoms with van der Waals surface area (Å²) in [6, 6.07) is 18.4. The number of benzene rings is 3. The van der Waals surface area contributed by atoms with Gasteiger partial charge in [0.2, 0.25) is 0 Å². The van der Waals surface area contributed by atoms with Gasteiger partial charge >= 0.3 is 0 Å². The first-order valence-corrected chi connectivity index (χ1v) is 12.1. The predicted octanol–water partition coefficient (Wildman–Crippen LogP) is 6.01. The molecule has 0 unspecified atom stereocenters. The van der Waals surface area contributed by atoms with Gasteiger partial charge in [-0.1, -0.05) is 23.7 Å². The Labute approximate surface area is 208 Å². The third-order valence-electron chi connectivity index (χ3n) is 6.70. The van der Waals surface area contributed by atoms with E-state index in [0.717, 1.165) is 58.7 Å². The van der Waals surface area contributed by atoms with Crippen molar-refractivity contribution in [3.63, 3.8) is 0 Å². The van der Waals surface area contributed by atoms with Crippen molar-refractivity contribution in [1.29, 1.82) is 0 Å². The number of aromatic hydroxyl groups is 2. The molecule has 0 aliphatic carbocycles. The molecule has 1 aliphatic rings. The predicted molar refractivity (Wildman–Crippen MR) is 137 cm³/mol. The summed E-state index contributed by atoms with van der Waals surface area (Å²) in [6.07, 6.45) is 0. The van der Waals surface area contributed by atoms with E-state index in [1.165, 1.54) is 0 Å². The van der Waals surface area contributed by atoms with Crippen LogP contribution in [-0.4, -0.2) is 52.6 Å². The molecule has 0 bridgehead atoms. The van der Waals surface area contributed by atoms with Gasteiger partial charge in [0.05, 0.1) is 17.4 Å². The highest BCUT2D eigenvalue weighted by molar-refractivity contribution is 6.33. The summed E-state index contributed by atoms with van der Waals surface area (Å²) in [4.78, 5) is 2.20. The minimum absolute atomic E-state index is 0.114. The van der Waals surface area contributed by atoms with Gasteiger partial charge in [-0.3, -0.25) is 9.29 Å². The molecule has 1 fully saturated rings.